The number of esters is 1. The first-order chi connectivity index (χ1) is 6.22. The van der Waals surface area contributed by atoms with E-state index in [1.54, 1.807) is 0 Å². The summed E-state index contributed by atoms with van der Waals surface area (Å²) in [5.74, 6) is 2.44. The molecule has 0 radical (unpaired) electrons. The van der Waals surface area contributed by atoms with Gasteiger partial charge in [0.1, 0.15) is 0 Å². The number of fused-ring (bicyclic) bond motifs is 3. The lowest BCUT2D eigenvalue weighted by Crippen LogP contribution is -2.34. The molecule has 3 fully saturated rings. The molecular weight excluding hydrogens is 164 g/mol. The molecular formula is C11H16O2. The molecule has 3 aliphatic rings. The summed E-state index contributed by atoms with van der Waals surface area (Å²) in [5.41, 5.74) is -0.0167. The lowest BCUT2D eigenvalue weighted by molar-refractivity contribution is -0.149. The van der Waals surface area contributed by atoms with Crippen LogP contribution in [-0.2, 0) is 9.53 Å². The first-order valence-electron chi connectivity index (χ1n) is 5.39. The second kappa shape index (κ2) is 2.28. The summed E-state index contributed by atoms with van der Waals surface area (Å²) in [5, 5.41) is 0. The number of carbonyl (C=O) groups is 1. The first kappa shape index (κ1) is 7.84. The average molecular weight is 180 g/mol. The van der Waals surface area contributed by atoms with Crippen LogP contribution in [0, 0.1) is 23.2 Å². The minimum atomic E-state index is -0.0167. The smallest absolute Gasteiger partial charge is 0.312 e. The molecule has 0 amide bonds. The fraction of sp³-hybridized carbons (Fsp3) is 0.909. The fourth-order valence-electron chi connectivity index (χ4n) is 3.83. The summed E-state index contributed by atoms with van der Waals surface area (Å²) in [6.07, 6.45) is 4.67. The topological polar surface area (TPSA) is 26.3 Å². The van der Waals surface area contributed by atoms with E-state index in [0.717, 1.165) is 24.7 Å². The molecule has 2 heteroatoms. The van der Waals surface area contributed by atoms with Gasteiger partial charge in [-0.05, 0) is 43.4 Å². The normalized spacial score (nSPS) is 53.3. The molecule has 4 atom stereocenters. The molecule has 0 aromatic heterocycles. The van der Waals surface area contributed by atoms with E-state index in [0.29, 0.717) is 12.5 Å². The van der Waals surface area contributed by atoms with Crippen molar-refractivity contribution >= 4 is 5.97 Å². The largest absolute Gasteiger partial charge is 0.465 e. The third-order valence-corrected chi connectivity index (χ3v) is 4.64. The van der Waals surface area contributed by atoms with Crippen LogP contribution in [0.2, 0.25) is 0 Å². The Bertz CT molecular complexity index is 259. The molecule has 1 saturated heterocycles. The molecule has 0 aromatic carbocycles. The van der Waals surface area contributed by atoms with E-state index in [9.17, 15) is 4.79 Å². The van der Waals surface area contributed by atoms with Crippen molar-refractivity contribution in [3.05, 3.63) is 0 Å². The van der Waals surface area contributed by atoms with Gasteiger partial charge in [0.25, 0.3) is 0 Å². The molecule has 2 aliphatic carbocycles. The number of ether oxygens (including phenoxy) is 1. The van der Waals surface area contributed by atoms with Crippen LogP contribution in [-0.4, -0.2) is 12.6 Å². The quantitative estimate of drug-likeness (QED) is 0.533. The fourth-order valence-corrected chi connectivity index (χ4v) is 3.83. The molecule has 3 unspecified atom stereocenters. The third kappa shape index (κ3) is 0.818. The van der Waals surface area contributed by atoms with Crippen molar-refractivity contribution in [1.82, 2.24) is 0 Å². The van der Waals surface area contributed by atoms with E-state index in [1.807, 2.05) is 0 Å². The maximum Gasteiger partial charge on any atom is 0.312 e. The molecule has 0 N–H and O–H groups in total. The monoisotopic (exact) mass is 180 g/mol. The number of hydrogen-bond acceptors (Lipinski definition) is 2. The molecule has 2 saturated carbocycles. The number of carbonyl (C=O) groups excluding carboxylic acids is 1. The zero-order chi connectivity index (χ0) is 9.05. The van der Waals surface area contributed by atoms with Gasteiger partial charge in [0.15, 0.2) is 0 Å². The Morgan fingerprint density at radius 1 is 1.46 bits per heavy atom. The van der Waals surface area contributed by atoms with Gasteiger partial charge >= 0.3 is 5.97 Å². The second-order valence-electron chi connectivity index (χ2n) is 5.15. The predicted octanol–water partition coefficient (Wildman–Crippen LogP) is 1.99. The van der Waals surface area contributed by atoms with Gasteiger partial charge < -0.3 is 4.74 Å². The number of cyclic esters (lactones) is 1. The van der Waals surface area contributed by atoms with Crippen molar-refractivity contribution in [3.8, 4) is 0 Å². The van der Waals surface area contributed by atoms with E-state index >= 15 is 0 Å². The third-order valence-electron chi connectivity index (χ3n) is 4.64. The Hall–Kier alpha value is -0.530. The highest BCUT2D eigenvalue weighted by atomic mass is 16.5. The highest BCUT2D eigenvalue weighted by Gasteiger charge is 2.60. The minimum Gasteiger partial charge on any atom is -0.465 e. The highest BCUT2D eigenvalue weighted by molar-refractivity contribution is 5.79. The Morgan fingerprint density at radius 2 is 2.31 bits per heavy atom. The molecule has 0 aromatic rings. The van der Waals surface area contributed by atoms with Gasteiger partial charge in [-0.2, -0.15) is 0 Å². The van der Waals surface area contributed by atoms with Gasteiger partial charge in [0, 0.05) is 0 Å². The lowest BCUT2D eigenvalue weighted by atomic mass is 9.70. The summed E-state index contributed by atoms with van der Waals surface area (Å²) in [6, 6.07) is 0. The van der Waals surface area contributed by atoms with Crippen LogP contribution < -0.4 is 0 Å². The van der Waals surface area contributed by atoms with E-state index in [1.165, 1.54) is 12.8 Å². The standard InChI is InChI=1S/C11H16O2/c1-7-4-9-5-8(7)6-11(9)2-3-13-10(11)12/h7-9H,2-6H2,1H3/t7?,8-,9?,11?/m0/s1. The Kier molecular flexibility index (Phi) is 1.38. The Morgan fingerprint density at radius 3 is 2.77 bits per heavy atom. The zero-order valence-electron chi connectivity index (χ0n) is 8.08. The molecule has 2 nitrogen and oxygen atoms in total. The number of rotatable bonds is 0. The van der Waals surface area contributed by atoms with Crippen LogP contribution in [0.1, 0.15) is 32.6 Å². The van der Waals surface area contributed by atoms with Crippen LogP contribution in [0.15, 0.2) is 0 Å². The van der Waals surface area contributed by atoms with Crippen molar-refractivity contribution in [1.29, 1.82) is 0 Å². The van der Waals surface area contributed by atoms with E-state index < -0.39 is 0 Å². The highest BCUT2D eigenvalue weighted by Crippen LogP contribution is 2.61. The van der Waals surface area contributed by atoms with Gasteiger partial charge in [0.2, 0.25) is 0 Å². The van der Waals surface area contributed by atoms with Crippen molar-refractivity contribution in [2.75, 3.05) is 6.61 Å². The summed E-state index contributed by atoms with van der Waals surface area (Å²) in [6.45, 7) is 3.01. The van der Waals surface area contributed by atoms with Crippen molar-refractivity contribution in [2.24, 2.45) is 23.2 Å². The molecule has 1 heterocycles. The van der Waals surface area contributed by atoms with Crippen molar-refractivity contribution in [3.63, 3.8) is 0 Å². The molecule has 3 rings (SSSR count). The Labute approximate surface area is 78.6 Å². The van der Waals surface area contributed by atoms with Gasteiger partial charge in [-0.3, -0.25) is 4.79 Å². The molecule has 1 aliphatic heterocycles. The van der Waals surface area contributed by atoms with Crippen molar-refractivity contribution < 1.29 is 9.53 Å². The van der Waals surface area contributed by atoms with Crippen LogP contribution in [0.25, 0.3) is 0 Å². The first-order valence-corrected chi connectivity index (χ1v) is 5.39. The SMILES string of the molecule is CC1CC2C[C@H]1CC21CCOC1=O. The van der Waals surface area contributed by atoms with E-state index in [-0.39, 0.29) is 11.4 Å². The Balaban J connectivity index is 1.92. The average Bonchev–Trinajstić information content (AvgIpc) is 2.70. The van der Waals surface area contributed by atoms with Crippen LogP contribution in [0.5, 0.6) is 0 Å². The summed E-state index contributed by atoms with van der Waals surface area (Å²) in [4.78, 5) is 11.7. The summed E-state index contributed by atoms with van der Waals surface area (Å²) < 4.78 is 5.14. The second-order valence-corrected chi connectivity index (χ2v) is 5.15. The van der Waals surface area contributed by atoms with Gasteiger partial charge in [0.05, 0.1) is 12.0 Å². The lowest BCUT2D eigenvalue weighted by Gasteiger charge is -2.31. The van der Waals surface area contributed by atoms with Crippen molar-refractivity contribution in [2.45, 2.75) is 32.6 Å². The molecule has 2 bridgehead atoms. The minimum absolute atomic E-state index is 0.0167. The zero-order valence-corrected chi connectivity index (χ0v) is 8.08. The summed E-state index contributed by atoms with van der Waals surface area (Å²) in [7, 11) is 0. The molecule has 72 valence electrons. The van der Waals surface area contributed by atoms with Gasteiger partial charge in [-0.25, -0.2) is 0 Å². The molecule has 13 heavy (non-hydrogen) atoms. The molecule has 1 spiro atoms. The summed E-state index contributed by atoms with van der Waals surface area (Å²) >= 11 is 0. The maximum atomic E-state index is 11.7. The van der Waals surface area contributed by atoms with Gasteiger partial charge in [-0.1, -0.05) is 6.92 Å². The van der Waals surface area contributed by atoms with E-state index in [2.05, 4.69) is 6.92 Å². The predicted molar refractivity (Wildman–Crippen MR) is 48.0 cm³/mol. The van der Waals surface area contributed by atoms with Crippen LogP contribution in [0.4, 0.5) is 0 Å². The van der Waals surface area contributed by atoms with Crippen LogP contribution in [0.3, 0.4) is 0 Å². The van der Waals surface area contributed by atoms with Gasteiger partial charge in [-0.15, -0.1) is 0 Å². The van der Waals surface area contributed by atoms with Crippen LogP contribution >= 0.6 is 0 Å². The maximum absolute atomic E-state index is 11.7. The number of hydrogen-bond donors (Lipinski definition) is 0. The van der Waals surface area contributed by atoms with E-state index in [4.69, 9.17) is 4.74 Å².